The Morgan fingerprint density at radius 1 is 0.565 bits per heavy atom. The van der Waals surface area contributed by atoms with Crippen LogP contribution in [0, 0.1) is 35.5 Å². The van der Waals surface area contributed by atoms with E-state index in [0.717, 1.165) is 24.3 Å². The number of hydrogen-bond acceptors (Lipinski definition) is 4. The Kier molecular flexibility index (Phi) is 12.3. The topological polar surface area (TPSA) is 82.9 Å². The van der Waals surface area contributed by atoms with Crippen LogP contribution in [0.4, 0.5) is 0 Å². The smallest absolute Gasteiger partial charge is 0.220 e. The standard InChI is InChI=1S/C40H54N4O2/c1-25(2)21-43-39(45)19-35(27(5)6)37-17-33(23-41-37)31-13-9-29(10-14-31)30-11-15-32(16-12-30)34-18-38(42-24-34)36(28(7)8)20-40(46)44-22-26(3)4/h9-16,23-28,35-36H,17-22H2,1-8H3,(H,43,45)(H,44,46)/t35-,36-/m0/s1. The first-order chi connectivity index (χ1) is 21.9. The lowest BCUT2D eigenvalue weighted by atomic mass is 9.84. The summed E-state index contributed by atoms with van der Waals surface area (Å²) in [5, 5.41) is 6.13. The maximum Gasteiger partial charge on any atom is 0.220 e. The van der Waals surface area contributed by atoms with Crippen molar-refractivity contribution in [2.75, 3.05) is 13.1 Å². The predicted octanol–water partition coefficient (Wildman–Crippen LogP) is 8.59. The van der Waals surface area contributed by atoms with Crippen molar-refractivity contribution in [3.63, 3.8) is 0 Å². The minimum Gasteiger partial charge on any atom is -0.356 e. The second kappa shape index (κ2) is 16.2. The van der Waals surface area contributed by atoms with Gasteiger partial charge in [-0.1, -0.05) is 104 Å². The molecule has 2 atom stereocenters. The molecule has 0 fully saturated rings. The molecule has 6 heteroatoms. The van der Waals surface area contributed by atoms with Crippen molar-refractivity contribution in [2.24, 2.45) is 45.5 Å². The zero-order valence-electron chi connectivity index (χ0n) is 29.2. The molecule has 2 amide bonds. The number of aliphatic imine (C=N–C) groups is 2. The van der Waals surface area contributed by atoms with E-state index in [1.165, 1.54) is 33.4 Å². The molecule has 0 saturated carbocycles. The van der Waals surface area contributed by atoms with Crippen LogP contribution in [-0.4, -0.2) is 36.3 Å². The highest BCUT2D eigenvalue weighted by Gasteiger charge is 2.28. The number of allylic oxidation sites excluding steroid dienone is 2. The fourth-order valence-corrected chi connectivity index (χ4v) is 6.11. The van der Waals surface area contributed by atoms with Crippen LogP contribution in [0.1, 0.15) is 92.2 Å². The van der Waals surface area contributed by atoms with Gasteiger partial charge in [0, 0.05) is 74.4 Å². The Balaban J connectivity index is 1.33. The van der Waals surface area contributed by atoms with Gasteiger partial charge in [-0.2, -0.15) is 0 Å². The molecule has 0 bridgehead atoms. The highest BCUT2D eigenvalue weighted by molar-refractivity contribution is 6.02. The van der Waals surface area contributed by atoms with Crippen molar-refractivity contribution in [2.45, 2.75) is 81.1 Å². The van der Waals surface area contributed by atoms with Gasteiger partial charge in [-0.15, -0.1) is 0 Å². The molecule has 6 nitrogen and oxygen atoms in total. The quantitative estimate of drug-likeness (QED) is 0.209. The second-order valence-corrected chi connectivity index (χ2v) is 14.6. The lowest BCUT2D eigenvalue weighted by molar-refractivity contribution is -0.122. The van der Waals surface area contributed by atoms with Crippen LogP contribution < -0.4 is 10.6 Å². The second-order valence-electron chi connectivity index (χ2n) is 14.6. The van der Waals surface area contributed by atoms with Crippen LogP contribution in [0.5, 0.6) is 0 Å². The number of carbonyl (C=O) groups is 2. The van der Waals surface area contributed by atoms with Gasteiger partial charge in [-0.25, -0.2) is 0 Å². The summed E-state index contributed by atoms with van der Waals surface area (Å²) in [6.07, 6.45) is 6.50. The highest BCUT2D eigenvalue weighted by Crippen LogP contribution is 2.34. The van der Waals surface area contributed by atoms with Gasteiger partial charge in [0.05, 0.1) is 0 Å². The van der Waals surface area contributed by atoms with Gasteiger partial charge < -0.3 is 10.6 Å². The summed E-state index contributed by atoms with van der Waals surface area (Å²) in [7, 11) is 0. The lowest BCUT2D eigenvalue weighted by Crippen LogP contribution is -2.32. The molecular formula is C40H54N4O2. The molecule has 0 radical (unpaired) electrons. The van der Waals surface area contributed by atoms with Crippen molar-refractivity contribution >= 4 is 34.4 Å². The fraction of sp³-hybridized carbons (Fsp3) is 0.500. The van der Waals surface area contributed by atoms with Crippen LogP contribution in [0.3, 0.4) is 0 Å². The minimum atomic E-state index is 0.109. The average molecular weight is 623 g/mol. The van der Waals surface area contributed by atoms with Crippen molar-refractivity contribution in [3.05, 3.63) is 72.1 Å². The first-order valence-corrected chi connectivity index (χ1v) is 17.2. The van der Waals surface area contributed by atoms with E-state index < -0.39 is 0 Å². The van der Waals surface area contributed by atoms with Gasteiger partial charge in [0.1, 0.15) is 0 Å². The molecule has 0 aromatic heterocycles. The first kappa shape index (κ1) is 35.1. The molecule has 4 rings (SSSR count). The Morgan fingerprint density at radius 2 is 0.891 bits per heavy atom. The lowest BCUT2D eigenvalue weighted by Gasteiger charge is -2.21. The number of nitrogens with zero attached hydrogens (tertiary/aromatic N) is 2. The summed E-state index contributed by atoms with van der Waals surface area (Å²) in [6, 6.07) is 17.4. The van der Waals surface area contributed by atoms with Crippen molar-refractivity contribution < 1.29 is 9.59 Å². The van der Waals surface area contributed by atoms with Crippen molar-refractivity contribution in [1.29, 1.82) is 0 Å². The van der Waals surface area contributed by atoms with Crippen LogP contribution in [-0.2, 0) is 9.59 Å². The number of carbonyl (C=O) groups excluding carboxylic acids is 2. The summed E-state index contributed by atoms with van der Waals surface area (Å²) in [5.74, 6) is 2.07. The number of rotatable bonds is 15. The van der Waals surface area contributed by atoms with Crippen LogP contribution in [0.15, 0.2) is 70.9 Å². The number of amides is 2. The maximum atomic E-state index is 12.6. The largest absolute Gasteiger partial charge is 0.356 e. The molecule has 2 aliphatic heterocycles. The number of nitrogens with one attached hydrogen (secondary N) is 2. The zero-order valence-corrected chi connectivity index (χ0v) is 29.2. The normalized spacial score (nSPS) is 16.0. The van der Waals surface area contributed by atoms with E-state index in [9.17, 15) is 9.59 Å². The van der Waals surface area contributed by atoms with Crippen molar-refractivity contribution in [3.8, 4) is 11.1 Å². The molecule has 2 N–H and O–H groups in total. The predicted molar refractivity (Wildman–Crippen MR) is 194 cm³/mol. The molecule has 246 valence electrons. The van der Waals surface area contributed by atoms with Gasteiger partial charge in [0.25, 0.3) is 0 Å². The van der Waals surface area contributed by atoms with Gasteiger partial charge in [0.15, 0.2) is 0 Å². The Hall–Kier alpha value is -3.80. The third-order valence-corrected chi connectivity index (χ3v) is 9.05. The van der Waals surface area contributed by atoms with E-state index in [0.29, 0.717) is 49.6 Å². The molecule has 2 heterocycles. The molecule has 2 aromatic rings. The Morgan fingerprint density at radius 3 is 1.20 bits per heavy atom. The minimum absolute atomic E-state index is 0.109. The highest BCUT2D eigenvalue weighted by atomic mass is 16.2. The van der Waals surface area contributed by atoms with Crippen LogP contribution in [0.25, 0.3) is 22.3 Å². The molecule has 0 saturated heterocycles. The monoisotopic (exact) mass is 622 g/mol. The van der Waals surface area contributed by atoms with Gasteiger partial charge in [-0.3, -0.25) is 19.6 Å². The van der Waals surface area contributed by atoms with E-state index >= 15 is 0 Å². The van der Waals surface area contributed by atoms with E-state index in [1.54, 1.807) is 0 Å². The summed E-state index contributed by atoms with van der Waals surface area (Å²) < 4.78 is 0. The molecule has 0 aliphatic carbocycles. The fourth-order valence-electron chi connectivity index (χ4n) is 6.11. The maximum absolute atomic E-state index is 12.6. The van der Waals surface area contributed by atoms with E-state index in [2.05, 4.69) is 115 Å². The Bertz CT molecular complexity index is 1360. The van der Waals surface area contributed by atoms with Gasteiger partial charge in [0.2, 0.25) is 11.8 Å². The third-order valence-electron chi connectivity index (χ3n) is 9.05. The Labute approximate surface area is 277 Å². The summed E-state index contributed by atoms with van der Waals surface area (Å²) in [6.45, 7) is 18.6. The van der Waals surface area contributed by atoms with E-state index in [1.807, 2.05) is 12.4 Å². The zero-order chi connectivity index (χ0) is 33.4. The van der Waals surface area contributed by atoms with Gasteiger partial charge in [-0.05, 0) is 57.1 Å². The van der Waals surface area contributed by atoms with Crippen LogP contribution in [0.2, 0.25) is 0 Å². The van der Waals surface area contributed by atoms with E-state index in [-0.39, 0.29) is 23.7 Å². The SMILES string of the molecule is CC(C)CNC(=O)C[C@H](C1=NC=C(c2ccc(-c3ccc(C4=CN=C([C@@H](CC(=O)NCC(C)C)C(C)C)C4)cc3)cc2)C1)C(C)C. The number of hydrogen-bond donors (Lipinski definition) is 2. The van der Waals surface area contributed by atoms with E-state index in [4.69, 9.17) is 9.98 Å². The summed E-state index contributed by atoms with van der Waals surface area (Å²) in [4.78, 5) is 34.7. The molecule has 2 aliphatic rings. The molecule has 46 heavy (non-hydrogen) atoms. The van der Waals surface area contributed by atoms with Crippen molar-refractivity contribution in [1.82, 2.24) is 10.6 Å². The average Bonchev–Trinajstić information content (AvgIpc) is 3.71. The molecule has 0 spiro atoms. The number of benzene rings is 2. The third kappa shape index (κ3) is 9.60. The molecule has 2 aromatic carbocycles. The molecular weight excluding hydrogens is 568 g/mol. The van der Waals surface area contributed by atoms with Gasteiger partial charge >= 0.3 is 0 Å². The summed E-state index contributed by atoms with van der Waals surface area (Å²) in [5.41, 5.74) is 9.28. The molecule has 0 unspecified atom stereocenters. The first-order valence-electron chi connectivity index (χ1n) is 17.2. The van der Waals surface area contributed by atoms with Crippen LogP contribution >= 0.6 is 0 Å². The summed E-state index contributed by atoms with van der Waals surface area (Å²) >= 11 is 0.